The third-order valence-corrected chi connectivity index (χ3v) is 13.8. The summed E-state index contributed by atoms with van der Waals surface area (Å²) in [5.41, 5.74) is 19.3. The fraction of sp³-hybridized carbons (Fsp3) is 0.0312. The molecule has 11 aromatic rings. The molecule has 1 heteroatoms. The van der Waals surface area contributed by atoms with E-state index < -0.39 is 0 Å². The predicted molar refractivity (Wildman–Crippen MR) is 275 cm³/mol. The van der Waals surface area contributed by atoms with Gasteiger partial charge in [-0.15, -0.1) is 0 Å². The standard InChI is InChI=1S/C64H45N/c1-64(62-30-11-9-26-59(62)60-27-10-12-31-63(60)64)50-23-13-22-49(42-50)44-32-36-51(37-33-44)65(52-38-34-48(35-39-52)55-28-14-20-45-18-5-7-24-54(45)55)53-40-41-58(61(43-53)47-16-3-2-4-17-47)57-29-15-21-46-19-6-8-25-56(46)57/h2-43H,1H3. The zero-order chi connectivity index (χ0) is 43.3. The molecule has 12 rings (SSSR count). The molecule has 0 heterocycles. The molecule has 0 saturated carbocycles. The van der Waals surface area contributed by atoms with Crippen LogP contribution in [-0.4, -0.2) is 0 Å². The van der Waals surface area contributed by atoms with E-state index in [0.29, 0.717) is 0 Å². The Morgan fingerprint density at radius 3 is 1.40 bits per heavy atom. The third-order valence-electron chi connectivity index (χ3n) is 13.8. The van der Waals surface area contributed by atoms with Gasteiger partial charge < -0.3 is 4.90 Å². The van der Waals surface area contributed by atoms with Gasteiger partial charge in [0.05, 0.1) is 0 Å². The first-order valence-corrected chi connectivity index (χ1v) is 22.6. The summed E-state index contributed by atoms with van der Waals surface area (Å²) in [6, 6.07) is 93.5. The van der Waals surface area contributed by atoms with Gasteiger partial charge in [0.1, 0.15) is 0 Å². The second-order valence-corrected chi connectivity index (χ2v) is 17.4. The molecule has 0 bridgehead atoms. The van der Waals surface area contributed by atoms with E-state index in [0.717, 1.165) is 17.1 Å². The zero-order valence-electron chi connectivity index (χ0n) is 36.2. The fourth-order valence-electron chi connectivity index (χ4n) is 10.5. The van der Waals surface area contributed by atoms with Gasteiger partial charge in [-0.1, -0.05) is 212 Å². The average Bonchev–Trinajstić information content (AvgIpc) is 3.65. The maximum atomic E-state index is 2.40. The van der Waals surface area contributed by atoms with E-state index in [1.165, 1.54) is 93.9 Å². The number of benzene rings is 11. The SMILES string of the molecule is CC1(c2cccc(-c3ccc(N(c4ccc(-c5cccc6ccccc56)cc4)c4ccc(-c5cccc6ccccc56)c(-c5ccccc5)c4)cc3)c2)c2ccccc2-c2ccccc21. The minimum absolute atomic E-state index is 0.257. The van der Waals surface area contributed by atoms with Crippen molar-refractivity contribution < 1.29 is 0 Å². The van der Waals surface area contributed by atoms with E-state index in [1.54, 1.807) is 0 Å². The molecule has 1 aliphatic rings. The summed E-state index contributed by atoms with van der Waals surface area (Å²) in [7, 11) is 0. The van der Waals surface area contributed by atoms with E-state index in [-0.39, 0.29) is 5.41 Å². The van der Waals surface area contributed by atoms with Crippen LogP contribution >= 0.6 is 0 Å². The zero-order valence-corrected chi connectivity index (χ0v) is 36.2. The number of anilines is 3. The van der Waals surface area contributed by atoms with Gasteiger partial charge in [0.15, 0.2) is 0 Å². The third kappa shape index (κ3) is 6.55. The number of hydrogen-bond donors (Lipinski definition) is 0. The Bertz CT molecular complexity index is 3490. The van der Waals surface area contributed by atoms with Crippen LogP contribution in [0, 0.1) is 0 Å². The van der Waals surface area contributed by atoms with E-state index in [1.807, 2.05) is 0 Å². The molecule has 1 nitrogen and oxygen atoms in total. The lowest BCUT2D eigenvalue weighted by molar-refractivity contribution is 0.714. The monoisotopic (exact) mass is 827 g/mol. The number of rotatable bonds is 8. The lowest BCUT2D eigenvalue weighted by atomic mass is 9.74. The van der Waals surface area contributed by atoms with Gasteiger partial charge in [-0.25, -0.2) is 0 Å². The largest absolute Gasteiger partial charge is 0.310 e. The molecule has 0 N–H and O–H groups in total. The quantitative estimate of drug-likeness (QED) is 0.147. The van der Waals surface area contributed by atoms with Crippen LogP contribution in [0.25, 0.3) is 77.2 Å². The predicted octanol–water partition coefficient (Wildman–Crippen LogP) is 17.5. The molecule has 0 saturated heterocycles. The number of fused-ring (bicyclic) bond motifs is 5. The second kappa shape index (κ2) is 15.8. The average molecular weight is 828 g/mol. The van der Waals surface area contributed by atoms with Crippen molar-refractivity contribution in [1.82, 2.24) is 0 Å². The summed E-state index contributed by atoms with van der Waals surface area (Å²) in [4.78, 5) is 2.40. The lowest BCUT2D eigenvalue weighted by Gasteiger charge is -2.29. The van der Waals surface area contributed by atoms with Crippen LogP contribution < -0.4 is 4.90 Å². The first kappa shape index (κ1) is 38.4. The van der Waals surface area contributed by atoms with E-state index >= 15 is 0 Å². The van der Waals surface area contributed by atoms with Crippen molar-refractivity contribution in [2.45, 2.75) is 12.3 Å². The van der Waals surface area contributed by atoms with Gasteiger partial charge in [0.25, 0.3) is 0 Å². The number of hydrogen-bond acceptors (Lipinski definition) is 1. The van der Waals surface area contributed by atoms with E-state index in [2.05, 4.69) is 267 Å². The molecule has 0 aromatic heterocycles. The molecule has 0 aliphatic heterocycles. The summed E-state index contributed by atoms with van der Waals surface area (Å²) in [5, 5.41) is 4.98. The maximum Gasteiger partial charge on any atom is 0.0468 e. The normalized spacial score (nSPS) is 12.5. The first-order valence-electron chi connectivity index (χ1n) is 22.6. The Balaban J connectivity index is 0.981. The van der Waals surface area contributed by atoms with Crippen molar-refractivity contribution in [1.29, 1.82) is 0 Å². The van der Waals surface area contributed by atoms with Crippen LogP contribution in [0.3, 0.4) is 0 Å². The summed E-state index contributed by atoms with van der Waals surface area (Å²) in [6.07, 6.45) is 0. The Kier molecular flexibility index (Phi) is 9.35. The Morgan fingerprint density at radius 1 is 0.277 bits per heavy atom. The molecule has 0 amide bonds. The van der Waals surface area contributed by atoms with Crippen LogP contribution in [0.4, 0.5) is 17.1 Å². The van der Waals surface area contributed by atoms with Crippen LogP contribution in [0.5, 0.6) is 0 Å². The molecule has 65 heavy (non-hydrogen) atoms. The van der Waals surface area contributed by atoms with Crippen molar-refractivity contribution in [3.63, 3.8) is 0 Å². The maximum absolute atomic E-state index is 2.40. The van der Waals surface area contributed by atoms with Crippen molar-refractivity contribution >= 4 is 38.6 Å². The minimum Gasteiger partial charge on any atom is -0.310 e. The smallest absolute Gasteiger partial charge is 0.0468 e. The van der Waals surface area contributed by atoms with Gasteiger partial charge in [-0.3, -0.25) is 0 Å². The van der Waals surface area contributed by atoms with Crippen LogP contribution in [0.15, 0.2) is 255 Å². The topological polar surface area (TPSA) is 3.24 Å². The lowest BCUT2D eigenvalue weighted by Crippen LogP contribution is -2.22. The second-order valence-electron chi connectivity index (χ2n) is 17.4. The van der Waals surface area contributed by atoms with E-state index in [4.69, 9.17) is 0 Å². The molecule has 0 spiro atoms. The minimum atomic E-state index is -0.257. The number of nitrogens with zero attached hydrogens (tertiary/aromatic N) is 1. The molecule has 0 fully saturated rings. The van der Waals surface area contributed by atoms with Gasteiger partial charge in [-0.2, -0.15) is 0 Å². The van der Waals surface area contributed by atoms with Gasteiger partial charge in [0, 0.05) is 22.5 Å². The van der Waals surface area contributed by atoms with Crippen molar-refractivity contribution in [2.75, 3.05) is 4.90 Å². The van der Waals surface area contributed by atoms with Crippen LogP contribution in [0.2, 0.25) is 0 Å². The first-order chi connectivity index (χ1) is 32.1. The Morgan fingerprint density at radius 2 is 0.738 bits per heavy atom. The molecule has 0 radical (unpaired) electrons. The molecular weight excluding hydrogens is 783 g/mol. The molecule has 1 aliphatic carbocycles. The highest BCUT2D eigenvalue weighted by Gasteiger charge is 2.40. The molecule has 0 atom stereocenters. The molecular formula is C64H45N. The van der Waals surface area contributed by atoms with Crippen LogP contribution in [0.1, 0.15) is 23.6 Å². The van der Waals surface area contributed by atoms with Crippen molar-refractivity contribution in [2.24, 2.45) is 0 Å². The summed E-state index contributed by atoms with van der Waals surface area (Å²) in [5.74, 6) is 0. The van der Waals surface area contributed by atoms with Gasteiger partial charge in [-0.05, 0) is 143 Å². The van der Waals surface area contributed by atoms with E-state index in [9.17, 15) is 0 Å². The van der Waals surface area contributed by atoms with Gasteiger partial charge in [0.2, 0.25) is 0 Å². The molecule has 306 valence electrons. The highest BCUT2D eigenvalue weighted by Crippen LogP contribution is 2.52. The molecule has 11 aromatic carbocycles. The highest BCUT2D eigenvalue weighted by atomic mass is 15.1. The summed E-state index contributed by atoms with van der Waals surface area (Å²) in [6.45, 7) is 2.39. The molecule has 0 unspecified atom stereocenters. The Labute approximate surface area is 381 Å². The highest BCUT2D eigenvalue weighted by molar-refractivity contribution is 6.02. The summed E-state index contributed by atoms with van der Waals surface area (Å²) < 4.78 is 0. The van der Waals surface area contributed by atoms with Crippen LogP contribution in [-0.2, 0) is 5.41 Å². The van der Waals surface area contributed by atoms with Crippen molar-refractivity contribution in [3.8, 4) is 55.6 Å². The Hall–Kier alpha value is -8.26. The van der Waals surface area contributed by atoms with Crippen molar-refractivity contribution in [3.05, 3.63) is 271 Å². The van der Waals surface area contributed by atoms with Gasteiger partial charge >= 0.3 is 0 Å². The fourth-order valence-corrected chi connectivity index (χ4v) is 10.5. The summed E-state index contributed by atoms with van der Waals surface area (Å²) >= 11 is 0.